The van der Waals surface area contributed by atoms with Gasteiger partial charge in [-0.3, -0.25) is 14.5 Å². The van der Waals surface area contributed by atoms with Crippen LogP contribution in [0.5, 0.6) is 0 Å². The van der Waals surface area contributed by atoms with Crippen LogP contribution in [0.2, 0.25) is 0 Å². The fourth-order valence-corrected chi connectivity index (χ4v) is 3.14. The molecule has 0 spiro atoms. The molecule has 1 aromatic carbocycles. The highest BCUT2D eigenvalue weighted by Crippen LogP contribution is 2.21. The number of aryl methyl sites for hydroxylation is 1. The molecule has 6 heteroatoms. The van der Waals surface area contributed by atoms with Gasteiger partial charge in [-0.05, 0) is 30.5 Å². The summed E-state index contributed by atoms with van der Waals surface area (Å²) in [5.74, 6) is -0.602. The number of hydrogen-bond donors (Lipinski definition) is 2. The predicted octanol–water partition coefficient (Wildman–Crippen LogP) is 1.51. The third-order valence-electron chi connectivity index (χ3n) is 4.61. The Bertz CT molecular complexity index is 781. The van der Waals surface area contributed by atoms with Crippen molar-refractivity contribution in [3.63, 3.8) is 0 Å². The van der Waals surface area contributed by atoms with Crippen LogP contribution in [0.3, 0.4) is 0 Å². The van der Waals surface area contributed by atoms with Gasteiger partial charge in [0.25, 0.3) is 5.91 Å². The second-order valence-electron chi connectivity index (χ2n) is 6.24. The number of aromatic nitrogens is 1. The number of fused-ring (bicyclic) bond motifs is 1. The van der Waals surface area contributed by atoms with E-state index in [-0.39, 0.29) is 11.9 Å². The van der Waals surface area contributed by atoms with Crippen molar-refractivity contribution in [3.05, 3.63) is 53.3 Å². The molecule has 126 valence electrons. The van der Waals surface area contributed by atoms with E-state index in [2.05, 4.69) is 28.4 Å². The number of benzene rings is 1. The first-order chi connectivity index (χ1) is 11.5. The summed E-state index contributed by atoms with van der Waals surface area (Å²) in [6.45, 7) is 3.53. The van der Waals surface area contributed by atoms with Gasteiger partial charge in [0.2, 0.25) is 5.91 Å². The van der Waals surface area contributed by atoms with Crippen LogP contribution >= 0.6 is 0 Å². The minimum atomic E-state index is -0.515. The van der Waals surface area contributed by atoms with E-state index in [1.54, 1.807) is 23.9 Å². The number of carbonyl (C=O) groups excluding carboxylic acids is 2. The Balaban J connectivity index is 1.67. The lowest BCUT2D eigenvalue weighted by atomic mass is 9.99. The highest BCUT2D eigenvalue weighted by atomic mass is 16.2. The van der Waals surface area contributed by atoms with Gasteiger partial charge in [0, 0.05) is 26.3 Å². The molecule has 6 nitrogen and oxygen atoms in total. The van der Waals surface area contributed by atoms with E-state index in [1.165, 1.54) is 11.1 Å². The molecule has 1 aliphatic rings. The van der Waals surface area contributed by atoms with Gasteiger partial charge in [-0.1, -0.05) is 24.3 Å². The van der Waals surface area contributed by atoms with Gasteiger partial charge in [-0.2, -0.15) is 0 Å². The van der Waals surface area contributed by atoms with Crippen molar-refractivity contribution in [3.8, 4) is 0 Å². The molecule has 2 amide bonds. The van der Waals surface area contributed by atoms with E-state index in [1.807, 2.05) is 13.0 Å². The van der Waals surface area contributed by atoms with Crippen LogP contribution in [-0.4, -0.2) is 33.9 Å². The summed E-state index contributed by atoms with van der Waals surface area (Å²) in [5.41, 5.74) is 8.88. The second kappa shape index (κ2) is 6.49. The first-order valence-electron chi connectivity index (χ1n) is 8.03. The number of hydrogen-bond acceptors (Lipinski definition) is 3. The quantitative estimate of drug-likeness (QED) is 0.894. The number of nitrogens with two attached hydrogens (primary N) is 1. The molecule has 0 aliphatic carbocycles. The highest BCUT2D eigenvalue weighted by Gasteiger charge is 2.25. The van der Waals surface area contributed by atoms with E-state index in [4.69, 9.17) is 5.73 Å². The van der Waals surface area contributed by atoms with Crippen LogP contribution in [0, 0.1) is 0 Å². The predicted molar refractivity (Wildman–Crippen MR) is 92.6 cm³/mol. The number of rotatable bonds is 4. The largest absolute Gasteiger partial charge is 0.364 e. The van der Waals surface area contributed by atoms with Gasteiger partial charge in [0.05, 0.1) is 11.7 Å². The standard InChI is InChI=1S/C18H22N4O2/c1-12(22-8-7-13-5-3-4-6-14(13)10-22)18(24)20-15-9-16(17(19)23)21(2)11-15/h3-6,9,11-12H,7-8,10H2,1-2H3,(H2,19,23)(H,20,24)/t12-/m1/s1. The zero-order valence-corrected chi connectivity index (χ0v) is 14.0. The fourth-order valence-electron chi connectivity index (χ4n) is 3.14. The van der Waals surface area contributed by atoms with Gasteiger partial charge in [0.15, 0.2) is 0 Å². The SMILES string of the molecule is C[C@H](C(=O)Nc1cc(C(N)=O)n(C)c1)N1CCc2ccccc2C1. The van der Waals surface area contributed by atoms with Crippen molar-refractivity contribution in [2.45, 2.75) is 25.9 Å². The number of nitrogens with one attached hydrogen (secondary N) is 1. The normalized spacial score (nSPS) is 15.6. The number of nitrogens with zero attached hydrogens (tertiary/aromatic N) is 2. The van der Waals surface area contributed by atoms with Crippen LogP contribution in [0.1, 0.15) is 28.5 Å². The fraction of sp³-hybridized carbons (Fsp3) is 0.333. The summed E-state index contributed by atoms with van der Waals surface area (Å²) in [6, 6.07) is 9.68. The lowest BCUT2D eigenvalue weighted by Crippen LogP contribution is -2.44. The summed E-state index contributed by atoms with van der Waals surface area (Å²) < 4.78 is 1.61. The average molecular weight is 326 g/mol. The molecular weight excluding hydrogens is 304 g/mol. The lowest BCUT2D eigenvalue weighted by molar-refractivity contribution is -0.121. The molecule has 24 heavy (non-hydrogen) atoms. The van der Waals surface area contributed by atoms with Crippen LogP contribution in [0.4, 0.5) is 5.69 Å². The Labute approximate surface area is 141 Å². The van der Waals surface area contributed by atoms with Crippen LogP contribution < -0.4 is 11.1 Å². The molecule has 2 aromatic rings. The molecule has 0 saturated heterocycles. The first kappa shape index (κ1) is 16.3. The summed E-state index contributed by atoms with van der Waals surface area (Å²) in [4.78, 5) is 26.0. The number of primary amides is 1. The monoisotopic (exact) mass is 326 g/mol. The molecule has 3 N–H and O–H groups in total. The number of carbonyl (C=O) groups is 2. The summed E-state index contributed by atoms with van der Waals surface area (Å²) >= 11 is 0. The summed E-state index contributed by atoms with van der Waals surface area (Å²) in [5, 5.41) is 2.87. The lowest BCUT2D eigenvalue weighted by Gasteiger charge is -2.32. The minimum absolute atomic E-state index is 0.0870. The number of amides is 2. The van der Waals surface area contributed by atoms with E-state index in [0.29, 0.717) is 11.4 Å². The molecule has 0 fully saturated rings. The van der Waals surface area contributed by atoms with Crippen LogP contribution in [0.25, 0.3) is 0 Å². The zero-order chi connectivity index (χ0) is 17.3. The molecule has 1 atom stereocenters. The van der Waals surface area contributed by atoms with Gasteiger partial charge in [-0.25, -0.2) is 0 Å². The van der Waals surface area contributed by atoms with E-state index >= 15 is 0 Å². The maximum absolute atomic E-state index is 12.5. The van der Waals surface area contributed by atoms with Crippen molar-refractivity contribution >= 4 is 17.5 Å². The second-order valence-corrected chi connectivity index (χ2v) is 6.24. The first-order valence-corrected chi connectivity index (χ1v) is 8.03. The van der Waals surface area contributed by atoms with E-state index < -0.39 is 5.91 Å². The smallest absolute Gasteiger partial charge is 0.265 e. The molecule has 1 aromatic heterocycles. The van der Waals surface area contributed by atoms with Crippen molar-refractivity contribution in [1.82, 2.24) is 9.47 Å². The summed E-state index contributed by atoms with van der Waals surface area (Å²) in [6.07, 6.45) is 2.64. The maximum Gasteiger partial charge on any atom is 0.265 e. The minimum Gasteiger partial charge on any atom is -0.364 e. The van der Waals surface area contributed by atoms with Gasteiger partial charge < -0.3 is 15.6 Å². The Hall–Kier alpha value is -2.60. The van der Waals surface area contributed by atoms with Crippen LogP contribution in [-0.2, 0) is 24.8 Å². The van der Waals surface area contributed by atoms with Gasteiger partial charge in [0.1, 0.15) is 5.69 Å². The van der Waals surface area contributed by atoms with Crippen molar-refractivity contribution in [1.29, 1.82) is 0 Å². The Morgan fingerprint density at radius 1 is 1.25 bits per heavy atom. The molecule has 0 radical (unpaired) electrons. The third-order valence-corrected chi connectivity index (χ3v) is 4.61. The molecule has 3 rings (SSSR count). The van der Waals surface area contributed by atoms with Crippen molar-refractivity contribution < 1.29 is 9.59 Å². The molecule has 0 saturated carbocycles. The third kappa shape index (κ3) is 3.19. The molecule has 2 heterocycles. The zero-order valence-electron chi connectivity index (χ0n) is 14.0. The van der Waals surface area contributed by atoms with E-state index in [9.17, 15) is 9.59 Å². The maximum atomic E-state index is 12.5. The van der Waals surface area contributed by atoms with Crippen molar-refractivity contribution in [2.24, 2.45) is 12.8 Å². The summed E-state index contributed by atoms with van der Waals surface area (Å²) in [7, 11) is 1.72. The molecule has 0 unspecified atom stereocenters. The van der Waals surface area contributed by atoms with Crippen LogP contribution in [0.15, 0.2) is 36.5 Å². The number of anilines is 1. The van der Waals surface area contributed by atoms with Gasteiger partial charge in [-0.15, -0.1) is 0 Å². The molecular formula is C18H22N4O2. The Morgan fingerprint density at radius 3 is 2.62 bits per heavy atom. The van der Waals surface area contributed by atoms with Gasteiger partial charge >= 0.3 is 0 Å². The highest BCUT2D eigenvalue weighted by molar-refractivity contribution is 5.97. The Morgan fingerprint density at radius 2 is 1.96 bits per heavy atom. The van der Waals surface area contributed by atoms with Crippen molar-refractivity contribution in [2.75, 3.05) is 11.9 Å². The Kier molecular flexibility index (Phi) is 4.40. The van der Waals surface area contributed by atoms with E-state index in [0.717, 1.165) is 19.5 Å². The molecule has 1 aliphatic heterocycles. The average Bonchev–Trinajstić information content (AvgIpc) is 2.94. The molecule has 0 bridgehead atoms. The topological polar surface area (TPSA) is 80.4 Å².